The molecule has 0 amide bonds. The summed E-state index contributed by atoms with van der Waals surface area (Å²) in [5.74, 6) is -0.534. The van der Waals surface area contributed by atoms with Crippen molar-refractivity contribution in [2.24, 2.45) is 0 Å². The highest BCUT2D eigenvalue weighted by Gasteiger charge is 2.28. The smallest absolute Gasteiger partial charge is 0.360 e. The molecule has 0 aliphatic rings. The van der Waals surface area contributed by atoms with E-state index in [0.717, 1.165) is 11.6 Å². The number of oxazole rings is 1. The summed E-state index contributed by atoms with van der Waals surface area (Å²) in [6, 6.07) is 8.58. The molecule has 0 fully saturated rings. The Balaban J connectivity index is 1.98. The molecule has 0 saturated carbocycles. The highest BCUT2D eigenvalue weighted by molar-refractivity contribution is 7.89. The SMILES string of the molecule is CCCN(Cc1nc(C(=O)OC)co1)S(=O)(=O)c1cccc2cccnc12. The van der Waals surface area contributed by atoms with E-state index in [2.05, 4.69) is 14.7 Å². The molecule has 27 heavy (non-hydrogen) atoms. The summed E-state index contributed by atoms with van der Waals surface area (Å²) >= 11 is 0. The molecule has 3 rings (SSSR count). The molecule has 0 unspecified atom stereocenters. The number of para-hydroxylation sites is 1. The van der Waals surface area contributed by atoms with Gasteiger partial charge in [-0.05, 0) is 18.6 Å². The van der Waals surface area contributed by atoms with E-state index in [0.29, 0.717) is 11.9 Å². The number of methoxy groups -OCH3 is 1. The maximum atomic E-state index is 13.3. The van der Waals surface area contributed by atoms with E-state index < -0.39 is 16.0 Å². The average Bonchev–Trinajstić information content (AvgIpc) is 3.15. The standard InChI is InChI=1S/C18H19N3O5S/c1-3-10-21(11-16-20-14(12-26-16)18(22)25-2)27(23,24)15-8-4-6-13-7-5-9-19-17(13)15/h4-9,12H,3,10-11H2,1-2H3. The van der Waals surface area contributed by atoms with Gasteiger partial charge in [-0.1, -0.05) is 25.1 Å². The molecule has 3 aromatic rings. The van der Waals surface area contributed by atoms with E-state index in [9.17, 15) is 13.2 Å². The van der Waals surface area contributed by atoms with Gasteiger partial charge >= 0.3 is 5.97 Å². The fourth-order valence-corrected chi connectivity index (χ4v) is 4.34. The first-order chi connectivity index (χ1) is 13.0. The van der Waals surface area contributed by atoms with Crippen LogP contribution in [0.25, 0.3) is 10.9 Å². The minimum absolute atomic E-state index is 0.00632. The van der Waals surface area contributed by atoms with E-state index in [4.69, 9.17) is 4.42 Å². The molecule has 8 nitrogen and oxygen atoms in total. The fraction of sp³-hybridized carbons (Fsp3) is 0.278. The van der Waals surface area contributed by atoms with Crippen LogP contribution in [-0.2, 0) is 21.3 Å². The first-order valence-electron chi connectivity index (χ1n) is 8.34. The molecule has 9 heteroatoms. The van der Waals surface area contributed by atoms with Crippen LogP contribution in [0, 0.1) is 0 Å². The zero-order valence-corrected chi connectivity index (χ0v) is 15.8. The van der Waals surface area contributed by atoms with Gasteiger partial charge in [-0.25, -0.2) is 18.2 Å². The minimum atomic E-state index is -3.85. The molecule has 2 aromatic heterocycles. The van der Waals surface area contributed by atoms with Crippen molar-refractivity contribution < 1.29 is 22.4 Å². The predicted octanol–water partition coefficient (Wildman–Crippen LogP) is 2.61. The number of aromatic nitrogens is 2. The summed E-state index contributed by atoms with van der Waals surface area (Å²) in [4.78, 5) is 19.9. The van der Waals surface area contributed by atoms with Gasteiger partial charge in [-0.3, -0.25) is 4.98 Å². The lowest BCUT2D eigenvalue weighted by molar-refractivity contribution is 0.0594. The van der Waals surface area contributed by atoms with Gasteiger partial charge < -0.3 is 9.15 Å². The number of ether oxygens (including phenoxy) is 1. The lowest BCUT2D eigenvalue weighted by Crippen LogP contribution is -2.31. The number of pyridine rings is 1. The Morgan fingerprint density at radius 1 is 1.26 bits per heavy atom. The van der Waals surface area contributed by atoms with Crippen LogP contribution in [0.2, 0.25) is 0 Å². The van der Waals surface area contributed by atoms with Gasteiger partial charge in [-0.15, -0.1) is 0 Å². The molecule has 2 heterocycles. The van der Waals surface area contributed by atoms with Crippen molar-refractivity contribution in [3.8, 4) is 0 Å². The van der Waals surface area contributed by atoms with Crippen LogP contribution in [0.5, 0.6) is 0 Å². The van der Waals surface area contributed by atoms with Crippen LogP contribution < -0.4 is 0 Å². The zero-order chi connectivity index (χ0) is 19.4. The Bertz CT molecular complexity index is 1060. The molecule has 0 atom stereocenters. The molecule has 0 N–H and O–H groups in total. The normalized spacial score (nSPS) is 11.8. The number of nitrogens with zero attached hydrogens (tertiary/aromatic N) is 3. The Kier molecular flexibility index (Phi) is 5.52. The van der Waals surface area contributed by atoms with Crippen LogP contribution in [0.3, 0.4) is 0 Å². The monoisotopic (exact) mass is 389 g/mol. The number of carbonyl (C=O) groups is 1. The molecule has 0 radical (unpaired) electrons. The number of sulfonamides is 1. The molecule has 0 spiro atoms. The highest BCUT2D eigenvalue weighted by Crippen LogP contribution is 2.25. The third kappa shape index (κ3) is 3.83. The summed E-state index contributed by atoms with van der Waals surface area (Å²) in [7, 11) is -2.62. The zero-order valence-electron chi connectivity index (χ0n) is 15.0. The van der Waals surface area contributed by atoms with E-state index in [1.807, 2.05) is 19.1 Å². The van der Waals surface area contributed by atoms with Gasteiger partial charge in [0, 0.05) is 18.1 Å². The number of carbonyl (C=O) groups excluding carboxylic acids is 1. The first kappa shape index (κ1) is 19.0. The van der Waals surface area contributed by atoms with Crippen molar-refractivity contribution in [1.82, 2.24) is 14.3 Å². The van der Waals surface area contributed by atoms with Crippen LogP contribution in [-0.4, -0.2) is 42.3 Å². The second-order valence-electron chi connectivity index (χ2n) is 5.79. The quantitative estimate of drug-likeness (QED) is 0.572. The van der Waals surface area contributed by atoms with Gasteiger partial charge in [0.2, 0.25) is 15.9 Å². The van der Waals surface area contributed by atoms with Crippen LogP contribution in [0.1, 0.15) is 29.7 Å². The lowest BCUT2D eigenvalue weighted by Gasteiger charge is -2.20. The molecule has 0 aliphatic heterocycles. The summed E-state index contributed by atoms with van der Waals surface area (Å²) in [5, 5.41) is 0.735. The van der Waals surface area contributed by atoms with Crippen LogP contribution >= 0.6 is 0 Å². The van der Waals surface area contributed by atoms with Gasteiger partial charge in [0.15, 0.2) is 5.69 Å². The number of rotatable bonds is 7. The topological polar surface area (TPSA) is 103 Å². The second kappa shape index (κ2) is 7.85. The van der Waals surface area contributed by atoms with Crippen LogP contribution in [0.15, 0.2) is 52.1 Å². The Morgan fingerprint density at radius 2 is 2.04 bits per heavy atom. The second-order valence-corrected chi connectivity index (χ2v) is 7.69. The van der Waals surface area contributed by atoms with Crippen molar-refractivity contribution in [3.05, 3.63) is 54.4 Å². The molecular formula is C18H19N3O5S. The van der Waals surface area contributed by atoms with E-state index in [1.165, 1.54) is 17.5 Å². The molecule has 0 saturated heterocycles. The molecule has 0 bridgehead atoms. The van der Waals surface area contributed by atoms with Crippen molar-refractivity contribution in [3.63, 3.8) is 0 Å². The average molecular weight is 389 g/mol. The van der Waals surface area contributed by atoms with Gasteiger partial charge in [0.25, 0.3) is 0 Å². The maximum Gasteiger partial charge on any atom is 0.360 e. The van der Waals surface area contributed by atoms with Crippen molar-refractivity contribution in [1.29, 1.82) is 0 Å². The third-order valence-corrected chi connectivity index (χ3v) is 5.82. The largest absolute Gasteiger partial charge is 0.464 e. The van der Waals surface area contributed by atoms with Crippen molar-refractivity contribution in [2.45, 2.75) is 24.8 Å². The summed E-state index contributed by atoms with van der Waals surface area (Å²) in [6.45, 7) is 2.04. The van der Waals surface area contributed by atoms with Gasteiger partial charge in [0.05, 0.1) is 19.2 Å². The van der Waals surface area contributed by atoms with Crippen LogP contribution in [0.4, 0.5) is 0 Å². The molecule has 142 valence electrons. The Labute approximate surface area is 156 Å². The van der Waals surface area contributed by atoms with Crippen molar-refractivity contribution >= 4 is 26.9 Å². The lowest BCUT2D eigenvalue weighted by atomic mass is 10.2. The number of esters is 1. The van der Waals surface area contributed by atoms with E-state index in [1.54, 1.807) is 18.3 Å². The molecule has 0 aliphatic carbocycles. The molecule has 1 aromatic carbocycles. The number of fused-ring (bicyclic) bond motifs is 1. The molecular weight excluding hydrogens is 370 g/mol. The Hall–Kier alpha value is -2.78. The number of hydrogen-bond donors (Lipinski definition) is 0. The number of hydrogen-bond acceptors (Lipinski definition) is 7. The third-order valence-electron chi connectivity index (χ3n) is 3.94. The van der Waals surface area contributed by atoms with Gasteiger partial charge in [-0.2, -0.15) is 4.31 Å². The maximum absolute atomic E-state index is 13.3. The highest BCUT2D eigenvalue weighted by atomic mass is 32.2. The van der Waals surface area contributed by atoms with E-state index in [-0.39, 0.29) is 29.6 Å². The fourth-order valence-electron chi connectivity index (χ4n) is 2.69. The minimum Gasteiger partial charge on any atom is -0.464 e. The van der Waals surface area contributed by atoms with Gasteiger partial charge in [0.1, 0.15) is 11.2 Å². The summed E-state index contributed by atoms with van der Waals surface area (Å²) in [6.07, 6.45) is 3.31. The van der Waals surface area contributed by atoms with E-state index >= 15 is 0 Å². The number of benzene rings is 1. The first-order valence-corrected chi connectivity index (χ1v) is 9.78. The summed E-state index contributed by atoms with van der Waals surface area (Å²) in [5.41, 5.74) is 0.400. The summed E-state index contributed by atoms with van der Waals surface area (Å²) < 4.78 is 37.6. The predicted molar refractivity (Wildman–Crippen MR) is 97.5 cm³/mol. The van der Waals surface area contributed by atoms with Crippen molar-refractivity contribution in [2.75, 3.05) is 13.7 Å². The Morgan fingerprint density at radius 3 is 2.78 bits per heavy atom.